The van der Waals surface area contributed by atoms with E-state index in [4.69, 9.17) is 10.1 Å². The lowest BCUT2D eigenvalue weighted by atomic mass is 10.1. The van der Waals surface area contributed by atoms with Gasteiger partial charge in [-0.1, -0.05) is 6.58 Å². The fraction of sp³-hybridized carbons (Fsp3) is 0.600. The third kappa shape index (κ3) is 2.67. The van der Waals surface area contributed by atoms with Crippen molar-refractivity contribution in [1.82, 2.24) is 4.90 Å². The molecule has 0 spiro atoms. The van der Waals surface area contributed by atoms with E-state index in [-0.39, 0.29) is 0 Å². The van der Waals surface area contributed by atoms with Crippen molar-refractivity contribution in [2.24, 2.45) is 4.99 Å². The minimum absolute atomic E-state index is 0.459. The van der Waals surface area contributed by atoms with Gasteiger partial charge in [-0.2, -0.15) is 0 Å². The fourth-order valence-corrected chi connectivity index (χ4v) is 1.61. The topological polar surface area (TPSA) is 48.7 Å². The predicted molar refractivity (Wildman–Crippen MR) is 58.0 cm³/mol. The maximum atomic E-state index is 6.93. The molecule has 0 amide bonds. The molecule has 4 nitrogen and oxygen atoms in total. The maximum absolute atomic E-state index is 6.93. The van der Waals surface area contributed by atoms with Crippen molar-refractivity contribution in [1.29, 1.82) is 5.41 Å². The monoisotopic (exact) mass is 195 g/mol. The molecule has 0 aromatic carbocycles. The van der Waals surface area contributed by atoms with Crippen molar-refractivity contribution in [3.63, 3.8) is 0 Å². The van der Waals surface area contributed by atoms with E-state index in [1.807, 2.05) is 7.05 Å². The van der Waals surface area contributed by atoms with E-state index >= 15 is 0 Å². The van der Waals surface area contributed by atoms with Crippen LogP contribution < -0.4 is 0 Å². The van der Waals surface area contributed by atoms with E-state index in [0.29, 0.717) is 6.04 Å². The minimum atomic E-state index is 0.459. The molecule has 0 unspecified atom stereocenters. The van der Waals surface area contributed by atoms with Crippen molar-refractivity contribution in [2.75, 3.05) is 20.3 Å². The Labute approximate surface area is 84.8 Å². The minimum Gasteiger partial charge on any atom is -0.381 e. The van der Waals surface area contributed by atoms with Gasteiger partial charge in [0.05, 0.1) is 0 Å². The average molecular weight is 195 g/mol. The summed E-state index contributed by atoms with van der Waals surface area (Å²) in [5, 5.41) is 6.93. The summed E-state index contributed by atoms with van der Waals surface area (Å²) in [6.07, 6.45) is 4.76. The number of likely N-dealkylation sites (N-methyl/N-ethyl adjacent to an activating group) is 1. The number of hydrogen-bond donors (Lipinski definition) is 1. The molecule has 0 radical (unpaired) electrons. The number of nitrogens with one attached hydrogen (secondary N) is 1. The number of ether oxygens (including phenoxy) is 1. The van der Waals surface area contributed by atoms with Crippen LogP contribution in [0, 0.1) is 5.41 Å². The Balaban J connectivity index is 2.60. The predicted octanol–water partition coefficient (Wildman–Crippen LogP) is 1.29. The van der Waals surface area contributed by atoms with Gasteiger partial charge >= 0.3 is 0 Å². The molecule has 1 saturated heterocycles. The lowest BCUT2D eigenvalue weighted by Crippen LogP contribution is -2.39. The van der Waals surface area contributed by atoms with Crippen LogP contribution in [0.15, 0.2) is 17.6 Å². The SMILES string of the molecule is C=C/C(=N\C=N)N(C)C1CCOCC1. The molecule has 0 aromatic heterocycles. The van der Waals surface area contributed by atoms with Gasteiger partial charge in [0, 0.05) is 26.3 Å². The Morgan fingerprint density at radius 1 is 1.57 bits per heavy atom. The van der Waals surface area contributed by atoms with Gasteiger partial charge in [-0.3, -0.25) is 5.41 Å². The van der Waals surface area contributed by atoms with Crippen LogP contribution in [0.4, 0.5) is 0 Å². The number of aliphatic imine (C=N–C) groups is 1. The van der Waals surface area contributed by atoms with E-state index in [1.165, 1.54) is 0 Å². The number of amidine groups is 1. The van der Waals surface area contributed by atoms with Gasteiger partial charge in [-0.05, 0) is 18.9 Å². The molecular formula is C10H17N3O. The standard InChI is InChI=1S/C10H17N3O/c1-3-10(12-8-11)13(2)9-4-6-14-7-5-9/h3,8-9,11H,1,4-7H2,2H3/b11-8?,12-10+. The van der Waals surface area contributed by atoms with Crippen LogP contribution in [0.1, 0.15) is 12.8 Å². The van der Waals surface area contributed by atoms with Gasteiger partial charge in [-0.25, -0.2) is 4.99 Å². The van der Waals surface area contributed by atoms with E-state index in [1.54, 1.807) is 6.08 Å². The maximum Gasteiger partial charge on any atom is 0.129 e. The molecule has 4 heteroatoms. The molecule has 0 bridgehead atoms. The highest BCUT2D eigenvalue weighted by molar-refractivity contribution is 5.96. The number of rotatable bonds is 3. The van der Waals surface area contributed by atoms with Crippen molar-refractivity contribution in [3.05, 3.63) is 12.7 Å². The first-order chi connectivity index (χ1) is 6.79. The fourth-order valence-electron chi connectivity index (χ4n) is 1.61. The number of hydrogen-bond acceptors (Lipinski definition) is 2. The van der Waals surface area contributed by atoms with Gasteiger partial charge in [0.1, 0.15) is 12.2 Å². The van der Waals surface area contributed by atoms with Crippen LogP contribution in [0.25, 0.3) is 0 Å². The molecule has 0 aliphatic carbocycles. The van der Waals surface area contributed by atoms with Crippen molar-refractivity contribution in [2.45, 2.75) is 18.9 Å². The zero-order valence-electron chi connectivity index (χ0n) is 8.57. The molecule has 1 aliphatic rings. The largest absolute Gasteiger partial charge is 0.381 e. The van der Waals surface area contributed by atoms with E-state index in [0.717, 1.165) is 38.2 Å². The molecule has 0 aromatic rings. The van der Waals surface area contributed by atoms with Gasteiger partial charge < -0.3 is 9.64 Å². The lowest BCUT2D eigenvalue weighted by Gasteiger charge is -2.32. The molecule has 1 rings (SSSR count). The normalized spacial score (nSPS) is 19.1. The summed E-state index contributed by atoms with van der Waals surface area (Å²) in [5.74, 6) is 0.756. The highest BCUT2D eigenvalue weighted by Crippen LogP contribution is 2.13. The quantitative estimate of drug-likeness (QED) is 0.545. The summed E-state index contributed by atoms with van der Waals surface area (Å²) >= 11 is 0. The van der Waals surface area contributed by atoms with Crippen LogP contribution in [-0.4, -0.2) is 43.4 Å². The van der Waals surface area contributed by atoms with Gasteiger partial charge in [0.15, 0.2) is 0 Å². The molecule has 1 aliphatic heterocycles. The van der Waals surface area contributed by atoms with Gasteiger partial charge in [-0.15, -0.1) is 0 Å². The molecular weight excluding hydrogens is 178 g/mol. The molecule has 1 N–H and O–H groups in total. The molecule has 1 fully saturated rings. The highest BCUT2D eigenvalue weighted by Gasteiger charge is 2.19. The van der Waals surface area contributed by atoms with Crippen LogP contribution in [-0.2, 0) is 4.74 Å². The first kappa shape index (κ1) is 10.9. The Morgan fingerprint density at radius 3 is 2.71 bits per heavy atom. The van der Waals surface area contributed by atoms with Crippen molar-refractivity contribution in [3.8, 4) is 0 Å². The summed E-state index contributed by atoms with van der Waals surface area (Å²) in [6, 6.07) is 0.459. The van der Waals surface area contributed by atoms with Crippen LogP contribution in [0.2, 0.25) is 0 Å². The third-order valence-corrected chi connectivity index (χ3v) is 2.48. The first-order valence-electron chi connectivity index (χ1n) is 4.79. The highest BCUT2D eigenvalue weighted by atomic mass is 16.5. The molecule has 0 atom stereocenters. The summed E-state index contributed by atoms with van der Waals surface area (Å²) in [5.41, 5.74) is 0. The van der Waals surface area contributed by atoms with Gasteiger partial charge in [0.2, 0.25) is 0 Å². The van der Waals surface area contributed by atoms with Gasteiger partial charge in [0.25, 0.3) is 0 Å². The zero-order chi connectivity index (χ0) is 10.4. The second-order valence-corrected chi connectivity index (χ2v) is 3.27. The summed E-state index contributed by atoms with van der Waals surface area (Å²) in [4.78, 5) is 6.01. The summed E-state index contributed by atoms with van der Waals surface area (Å²) < 4.78 is 5.29. The Hall–Kier alpha value is -1.16. The molecule has 78 valence electrons. The average Bonchev–Trinajstić information content (AvgIpc) is 2.26. The third-order valence-electron chi connectivity index (χ3n) is 2.48. The summed E-state index contributed by atoms with van der Waals surface area (Å²) in [7, 11) is 1.99. The Morgan fingerprint density at radius 2 is 2.21 bits per heavy atom. The number of nitrogens with zero attached hydrogens (tertiary/aromatic N) is 2. The Bertz CT molecular complexity index is 232. The van der Waals surface area contributed by atoms with Crippen LogP contribution in [0.3, 0.4) is 0 Å². The van der Waals surface area contributed by atoms with E-state index in [2.05, 4.69) is 16.5 Å². The second-order valence-electron chi connectivity index (χ2n) is 3.27. The van der Waals surface area contributed by atoms with Crippen LogP contribution >= 0.6 is 0 Å². The van der Waals surface area contributed by atoms with E-state index in [9.17, 15) is 0 Å². The first-order valence-corrected chi connectivity index (χ1v) is 4.79. The Kier molecular flexibility index (Phi) is 4.32. The molecule has 14 heavy (non-hydrogen) atoms. The zero-order valence-corrected chi connectivity index (χ0v) is 8.57. The molecule has 0 saturated carbocycles. The van der Waals surface area contributed by atoms with Crippen LogP contribution in [0.5, 0.6) is 0 Å². The lowest BCUT2D eigenvalue weighted by molar-refractivity contribution is 0.0608. The van der Waals surface area contributed by atoms with Crippen molar-refractivity contribution < 1.29 is 4.74 Å². The van der Waals surface area contributed by atoms with E-state index < -0.39 is 0 Å². The summed E-state index contributed by atoms with van der Waals surface area (Å²) in [6.45, 7) is 5.31. The van der Waals surface area contributed by atoms with Crippen molar-refractivity contribution >= 4 is 12.2 Å². The smallest absolute Gasteiger partial charge is 0.129 e. The molecule has 1 heterocycles. The second kappa shape index (κ2) is 5.54.